The van der Waals surface area contributed by atoms with E-state index in [4.69, 9.17) is 4.74 Å². The van der Waals surface area contributed by atoms with Gasteiger partial charge in [-0.1, -0.05) is 43.7 Å². The Balaban J connectivity index is 2.02. The number of carbonyl (C=O) groups is 2. The quantitative estimate of drug-likeness (QED) is 0.672. The van der Waals surface area contributed by atoms with Gasteiger partial charge in [-0.2, -0.15) is 0 Å². The molecule has 0 bridgehead atoms. The second-order valence-corrected chi connectivity index (χ2v) is 6.73. The lowest BCUT2D eigenvalue weighted by molar-refractivity contribution is -0.129. The van der Waals surface area contributed by atoms with Crippen molar-refractivity contribution in [2.45, 2.75) is 38.8 Å². The molecule has 6 nitrogen and oxygen atoms in total. The van der Waals surface area contributed by atoms with Gasteiger partial charge in [-0.25, -0.2) is 4.79 Å². The zero-order valence-electron chi connectivity index (χ0n) is 14.6. The number of aromatic nitrogens is 1. The third-order valence-electron chi connectivity index (χ3n) is 3.84. The van der Waals surface area contributed by atoms with Crippen molar-refractivity contribution < 1.29 is 14.3 Å². The molecule has 1 aromatic heterocycles. The van der Waals surface area contributed by atoms with Gasteiger partial charge in [0.05, 0.1) is 16.1 Å². The number of aromatic amines is 1. The smallest absolute Gasteiger partial charge is 0.340 e. The summed E-state index contributed by atoms with van der Waals surface area (Å²) in [6.45, 7) is 3.56. The number of rotatable bonds is 7. The number of benzene rings is 1. The predicted octanol–water partition coefficient (Wildman–Crippen LogP) is 3.34. The molecule has 2 N–H and O–H groups in total. The number of hydrogen-bond acceptors (Lipinski definition) is 4. The summed E-state index contributed by atoms with van der Waals surface area (Å²) >= 11 is 3.05. The van der Waals surface area contributed by atoms with Gasteiger partial charge in [0, 0.05) is 6.20 Å². The molecule has 138 valence electrons. The van der Waals surface area contributed by atoms with E-state index in [1.54, 1.807) is 0 Å². The van der Waals surface area contributed by atoms with E-state index in [0.717, 1.165) is 18.4 Å². The maximum atomic E-state index is 12.4. The van der Waals surface area contributed by atoms with Crippen molar-refractivity contribution in [1.29, 1.82) is 0 Å². The number of nitrogens with one attached hydrogen (secondary N) is 2. The first kappa shape index (κ1) is 19.9. The highest BCUT2D eigenvalue weighted by Gasteiger charge is 2.22. The average Bonchev–Trinajstić information content (AvgIpc) is 2.64. The number of carbonyl (C=O) groups excluding carboxylic acids is 2. The lowest BCUT2D eigenvalue weighted by atomic mass is 10.0. The number of pyridine rings is 1. The van der Waals surface area contributed by atoms with E-state index in [-0.39, 0.29) is 27.5 Å². The Morgan fingerprint density at radius 2 is 1.96 bits per heavy atom. The normalized spacial score (nSPS) is 12.9. The van der Waals surface area contributed by atoms with E-state index in [1.165, 1.54) is 19.2 Å². The molecule has 1 aromatic carbocycles. The molecule has 2 rings (SSSR count). The van der Waals surface area contributed by atoms with Gasteiger partial charge in [0.2, 0.25) is 0 Å². The van der Waals surface area contributed by atoms with Crippen LogP contribution in [0.2, 0.25) is 0 Å². The first-order valence-corrected chi connectivity index (χ1v) is 9.16. The summed E-state index contributed by atoms with van der Waals surface area (Å²) in [4.78, 5) is 38.3. The minimum absolute atomic E-state index is 0.142. The third-order valence-corrected chi connectivity index (χ3v) is 4.43. The highest BCUT2D eigenvalue weighted by atomic mass is 79.9. The van der Waals surface area contributed by atoms with Crippen molar-refractivity contribution in [3.05, 3.63) is 68.5 Å². The fourth-order valence-corrected chi connectivity index (χ4v) is 2.80. The summed E-state index contributed by atoms with van der Waals surface area (Å²) in [5.41, 5.74) is 0.813. The van der Waals surface area contributed by atoms with Crippen molar-refractivity contribution >= 4 is 27.8 Å². The summed E-state index contributed by atoms with van der Waals surface area (Å²) in [7, 11) is 0. The van der Waals surface area contributed by atoms with E-state index in [2.05, 4.69) is 26.2 Å². The van der Waals surface area contributed by atoms with Gasteiger partial charge in [0.25, 0.3) is 11.5 Å². The van der Waals surface area contributed by atoms with Crippen LogP contribution in [0, 0.1) is 0 Å². The van der Waals surface area contributed by atoms with Crippen LogP contribution in [0.25, 0.3) is 0 Å². The van der Waals surface area contributed by atoms with Crippen LogP contribution in [0.1, 0.15) is 48.7 Å². The van der Waals surface area contributed by atoms with E-state index >= 15 is 0 Å². The Kier molecular flexibility index (Phi) is 7.15. The Morgan fingerprint density at radius 3 is 2.58 bits per heavy atom. The Morgan fingerprint density at radius 1 is 1.27 bits per heavy atom. The first-order chi connectivity index (χ1) is 12.4. The molecule has 0 unspecified atom stereocenters. The van der Waals surface area contributed by atoms with Crippen molar-refractivity contribution in [3.8, 4) is 0 Å². The fraction of sp³-hybridized carbons (Fsp3) is 0.316. The minimum Gasteiger partial charge on any atom is -0.449 e. The topological polar surface area (TPSA) is 88.3 Å². The molecule has 0 aliphatic rings. The molecular formula is C19H21BrN2O4. The molecule has 0 saturated carbocycles. The standard InChI is InChI=1S/C19H21BrN2O4/c1-3-7-16(13-8-5-4-6-9-13)22-17(23)12(2)26-19(25)14-10-15(20)18(24)21-11-14/h4-6,8-12,16H,3,7H2,1-2H3,(H,21,24)(H,22,23)/t12-,16-/m1/s1. The summed E-state index contributed by atoms with van der Waals surface area (Å²) in [5.74, 6) is -1.06. The molecule has 0 saturated heterocycles. The van der Waals surface area contributed by atoms with Crippen LogP contribution in [0.5, 0.6) is 0 Å². The van der Waals surface area contributed by atoms with Crippen molar-refractivity contribution in [2.75, 3.05) is 0 Å². The van der Waals surface area contributed by atoms with Crippen molar-refractivity contribution in [2.24, 2.45) is 0 Å². The Hall–Kier alpha value is -2.41. The first-order valence-electron chi connectivity index (χ1n) is 8.37. The molecule has 0 aliphatic carbocycles. The van der Waals surface area contributed by atoms with Crippen LogP contribution in [0.15, 0.2) is 51.9 Å². The average molecular weight is 421 g/mol. The third kappa shape index (κ3) is 5.29. The zero-order valence-corrected chi connectivity index (χ0v) is 16.2. The highest BCUT2D eigenvalue weighted by molar-refractivity contribution is 9.10. The Labute approximate surface area is 160 Å². The van der Waals surface area contributed by atoms with Gasteiger partial charge in [0.15, 0.2) is 6.10 Å². The van der Waals surface area contributed by atoms with Crippen molar-refractivity contribution in [3.63, 3.8) is 0 Å². The van der Waals surface area contributed by atoms with E-state index in [0.29, 0.717) is 0 Å². The molecule has 1 heterocycles. The number of halogens is 1. The van der Waals surface area contributed by atoms with Crippen LogP contribution < -0.4 is 10.9 Å². The second-order valence-electron chi connectivity index (χ2n) is 5.87. The molecule has 0 spiro atoms. The number of H-pyrrole nitrogens is 1. The number of hydrogen-bond donors (Lipinski definition) is 2. The van der Waals surface area contributed by atoms with Crippen molar-refractivity contribution in [1.82, 2.24) is 10.3 Å². The molecule has 7 heteroatoms. The largest absolute Gasteiger partial charge is 0.449 e. The van der Waals surface area contributed by atoms with Crippen LogP contribution in [-0.2, 0) is 9.53 Å². The lowest BCUT2D eigenvalue weighted by Gasteiger charge is -2.21. The van der Waals surface area contributed by atoms with Gasteiger partial charge in [-0.3, -0.25) is 9.59 Å². The van der Waals surface area contributed by atoms with Gasteiger partial charge in [-0.15, -0.1) is 0 Å². The maximum absolute atomic E-state index is 12.4. The summed E-state index contributed by atoms with van der Waals surface area (Å²) in [6, 6.07) is 10.9. The predicted molar refractivity (Wildman–Crippen MR) is 102 cm³/mol. The monoisotopic (exact) mass is 420 g/mol. The van der Waals surface area contributed by atoms with Crippen LogP contribution in [0.4, 0.5) is 0 Å². The van der Waals surface area contributed by atoms with E-state index < -0.39 is 12.1 Å². The molecule has 0 radical (unpaired) electrons. The lowest BCUT2D eigenvalue weighted by Crippen LogP contribution is -2.38. The number of amides is 1. The maximum Gasteiger partial charge on any atom is 0.340 e. The van der Waals surface area contributed by atoms with Crippen LogP contribution >= 0.6 is 15.9 Å². The Bertz CT molecular complexity index is 820. The SMILES string of the molecule is CCC[C@@H](NC(=O)[C@@H](C)OC(=O)c1c[nH]c(=O)c(Br)c1)c1ccccc1. The molecule has 26 heavy (non-hydrogen) atoms. The van der Waals surface area contributed by atoms with Gasteiger partial charge in [0.1, 0.15) is 0 Å². The molecular weight excluding hydrogens is 400 g/mol. The summed E-state index contributed by atoms with van der Waals surface area (Å²) in [5, 5.41) is 2.93. The number of esters is 1. The van der Waals surface area contributed by atoms with Crippen LogP contribution in [-0.4, -0.2) is 23.0 Å². The van der Waals surface area contributed by atoms with Crippen LogP contribution in [0.3, 0.4) is 0 Å². The summed E-state index contributed by atoms with van der Waals surface area (Å²) < 4.78 is 5.43. The van der Waals surface area contributed by atoms with Gasteiger partial charge >= 0.3 is 5.97 Å². The molecule has 0 aliphatic heterocycles. The molecule has 2 atom stereocenters. The summed E-state index contributed by atoms with van der Waals surface area (Å²) in [6.07, 6.45) is 1.98. The fourth-order valence-electron chi connectivity index (χ4n) is 2.44. The number of ether oxygens (including phenoxy) is 1. The molecule has 2 aromatic rings. The molecule has 1 amide bonds. The van der Waals surface area contributed by atoms with Gasteiger partial charge < -0.3 is 15.0 Å². The van der Waals surface area contributed by atoms with Gasteiger partial charge in [-0.05, 0) is 40.9 Å². The zero-order chi connectivity index (χ0) is 19.1. The van der Waals surface area contributed by atoms with E-state index in [9.17, 15) is 14.4 Å². The minimum atomic E-state index is -0.962. The molecule has 0 fully saturated rings. The van der Waals surface area contributed by atoms with E-state index in [1.807, 2.05) is 37.3 Å². The second kappa shape index (κ2) is 9.33. The highest BCUT2D eigenvalue weighted by Crippen LogP contribution is 2.18.